The molecule has 2 saturated heterocycles. The maximum Gasteiger partial charge on any atom is 0.189 e. The molecular formula is C26H34ClN9O2. The molecule has 202 valence electrons. The van der Waals surface area contributed by atoms with Gasteiger partial charge in [0.1, 0.15) is 11.7 Å². The molecule has 3 aliphatic rings. The van der Waals surface area contributed by atoms with Gasteiger partial charge in [0.15, 0.2) is 11.6 Å². The fourth-order valence-electron chi connectivity index (χ4n) is 5.31. The molecule has 2 aromatic heterocycles. The molecule has 0 aliphatic carbocycles. The molecule has 0 spiro atoms. The first-order chi connectivity index (χ1) is 18.5. The summed E-state index contributed by atoms with van der Waals surface area (Å²) in [5.41, 5.74) is 10.7. The second kappa shape index (κ2) is 10.6. The van der Waals surface area contributed by atoms with Gasteiger partial charge in [0.25, 0.3) is 0 Å². The minimum atomic E-state index is -1.12. The molecule has 11 nitrogen and oxygen atoms in total. The minimum Gasteiger partial charge on any atom is -0.381 e. The van der Waals surface area contributed by atoms with Crippen molar-refractivity contribution in [2.24, 2.45) is 10.7 Å². The molecule has 2 fully saturated rings. The number of nitrogens with two attached hydrogens (primary N) is 1. The van der Waals surface area contributed by atoms with Gasteiger partial charge >= 0.3 is 0 Å². The van der Waals surface area contributed by atoms with Gasteiger partial charge in [-0.2, -0.15) is 10.2 Å². The van der Waals surface area contributed by atoms with Crippen molar-refractivity contribution >= 4 is 34.8 Å². The van der Waals surface area contributed by atoms with Gasteiger partial charge in [-0.25, -0.2) is 9.67 Å². The van der Waals surface area contributed by atoms with E-state index in [0.717, 1.165) is 67.2 Å². The van der Waals surface area contributed by atoms with Crippen LogP contribution < -0.4 is 21.7 Å². The van der Waals surface area contributed by atoms with E-state index in [2.05, 4.69) is 32.2 Å². The number of ether oxygens (including phenoxy) is 2. The third kappa shape index (κ3) is 5.37. The smallest absolute Gasteiger partial charge is 0.189 e. The molecule has 1 unspecified atom stereocenters. The highest BCUT2D eigenvalue weighted by Gasteiger charge is 2.36. The van der Waals surface area contributed by atoms with Gasteiger partial charge in [0.2, 0.25) is 0 Å². The number of nitrogens with one attached hydrogen (secondary N) is 4. The lowest BCUT2D eigenvalue weighted by atomic mass is 10.0. The lowest BCUT2D eigenvalue weighted by molar-refractivity contribution is 0.0667. The number of rotatable bonds is 6. The number of anilines is 3. The van der Waals surface area contributed by atoms with E-state index in [9.17, 15) is 0 Å². The van der Waals surface area contributed by atoms with E-state index in [4.69, 9.17) is 36.9 Å². The fraction of sp³-hybridized carbons (Fsp3) is 0.500. The molecule has 5 heterocycles. The van der Waals surface area contributed by atoms with E-state index >= 15 is 0 Å². The van der Waals surface area contributed by atoms with Crippen molar-refractivity contribution in [2.45, 2.75) is 56.9 Å². The quantitative estimate of drug-likeness (QED) is 0.320. The van der Waals surface area contributed by atoms with E-state index in [1.807, 2.05) is 36.0 Å². The van der Waals surface area contributed by atoms with E-state index in [1.165, 1.54) is 0 Å². The van der Waals surface area contributed by atoms with Crippen LogP contribution in [0.2, 0.25) is 5.02 Å². The van der Waals surface area contributed by atoms with Gasteiger partial charge in [-0.15, -0.1) is 0 Å². The number of fused-ring (bicyclic) bond motifs is 1. The Hall–Kier alpha value is -3.12. The zero-order valence-corrected chi connectivity index (χ0v) is 22.2. The highest BCUT2D eigenvalue weighted by molar-refractivity contribution is 6.33. The third-order valence-electron chi connectivity index (χ3n) is 7.27. The molecule has 12 heteroatoms. The summed E-state index contributed by atoms with van der Waals surface area (Å²) in [6.45, 7) is 4.90. The summed E-state index contributed by atoms with van der Waals surface area (Å²) in [5.74, 6) is 1.02. The number of H-pyrrole nitrogens is 1. The number of nitrogens with zero attached hydrogens (tertiary/aromatic N) is 4. The van der Waals surface area contributed by atoms with Crippen LogP contribution in [0.4, 0.5) is 17.3 Å². The van der Waals surface area contributed by atoms with Gasteiger partial charge < -0.3 is 25.4 Å². The topological polar surface area (TPSA) is 139 Å². The number of hydrogen-bond acceptors (Lipinski definition) is 9. The Morgan fingerprint density at radius 1 is 1.13 bits per heavy atom. The van der Waals surface area contributed by atoms with E-state index in [-0.39, 0.29) is 6.04 Å². The maximum atomic E-state index is 6.98. The molecule has 6 N–H and O–H groups in total. The number of aliphatic imine (C=N–C) groups is 1. The number of halogens is 1. The average molecular weight is 540 g/mol. The number of amidine groups is 1. The number of benzene rings is 1. The van der Waals surface area contributed by atoms with Crippen LogP contribution in [-0.4, -0.2) is 64.1 Å². The predicted octanol–water partition coefficient (Wildman–Crippen LogP) is 3.65. The second-order valence-electron chi connectivity index (χ2n) is 10.3. The summed E-state index contributed by atoms with van der Waals surface area (Å²) >= 11 is 6.56. The highest BCUT2D eigenvalue weighted by Crippen LogP contribution is 2.34. The molecule has 3 aromatic rings. The molecule has 3 aliphatic heterocycles. The maximum absolute atomic E-state index is 6.98. The lowest BCUT2D eigenvalue weighted by Crippen LogP contribution is -2.52. The first kappa shape index (κ1) is 25.2. The van der Waals surface area contributed by atoms with Crippen LogP contribution in [0.25, 0.3) is 0 Å². The van der Waals surface area contributed by atoms with Crippen molar-refractivity contribution in [3.63, 3.8) is 0 Å². The molecule has 38 heavy (non-hydrogen) atoms. The lowest BCUT2D eigenvalue weighted by Gasteiger charge is -2.34. The zero-order chi connectivity index (χ0) is 26.1. The van der Waals surface area contributed by atoms with E-state index < -0.39 is 5.79 Å². The SMILES string of the molecule is Cc1cc(NC2=NC(N)(Cc3ccc(Cl)c(NC4CCOCC4)c3)Nc3c2cnn3C2CCOCC2)n[nH]1. The third-order valence-corrected chi connectivity index (χ3v) is 7.60. The van der Waals surface area contributed by atoms with Crippen LogP contribution in [0.5, 0.6) is 0 Å². The molecule has 0 bridgehead atoms. The van der Waals surface area contributed by atoms with E-state index in [0.29, 0.717) is 42.4 Å². The minimum absolute atomic E-state index is 0.224. The number of aromatic amines is 1. The first-order valence-corrected chi connectivity index (χ1v) is 13.6. The Kier molecular flexibility index (Phi) is 7.00. The van der Waals surface area contributed by atoms with Crippen molar-refractivity contribution in [3.8, 4) is 0 Å². The Balaban J connectivity index is 1.30. The zero-order valence-electron chi connectivity index (χ0n) is 21.5. The van der Waals surface area contributed by atoms with E-state index in [1.54, 1.807) is 0 Å². The molecule has 0 radical (unpaired) electrons. The summed E-state index contributed by atoms with van der Waals surface area (Å²) in [6, 6.07) is 8.47. The van der Waals surface area contributed by atoms with Gasteiger partial charge in [-0.05, 0) is 50.3 Å². The second-order valence-corrected chi connectivity index (χ2v) is 10.7. The Morgan fingerprint density at radius 2 is 1.89 bits per heavy atom. The van der Waals surface area contributed by atoms with Gasteiger partial charge in [0.05, 0.1) is 28.5 Å². The van der Waals surface area contributed by atoms with Gasteiger partial charge in [-0.3, -0.25) is 10.8 Å². The van der Waals surface area contributed by atoms with Crippen molar-refractivity contribution in [3.05, 3.63) is 52.3 Å². The molecule has 1 aromatic carbocycles. The van der Waals surface area contributed by atoms with Crippen molar-refractivity contribution in [1.29, 1.82) is 0 Å². The normalized spacial score (nSPS) is 22.4. The monoisotopic (exact) mass is 539 g/mol. The Morgan fingerprint density at radius 3 is 2.63 bits per heavy atom. The molecular weight excluding hydrogens is 506 g/mol. The fourth-order valence-corrected chi connectivity index (χ4v) is 5.48. The summed E-state index contributed by atoms with van der Waals surface area (Å²) in [7, 11) is 0. The van der Waals surface area contributed by atoms with Crippen LogP contribution in [0.1, 0.15) is 48.5 Å². The largest absolute Gasteiger partial charge is 0.381 e. The Bertz CT molecular complexity index is 1310. The van der Waals surface area contributed by atoms with Crippen molar-refractivity contribution in [2.75, 3.05) is 42.4 Å². The molecule has 6 rings (SSSR count). The summed E-state index contributed by atoms with van der Waals surface area (Å²) in [4.78, 5) is 4.95. The van der Waals surface area contributed by atoms with Crippen LogP contribution in [0.15, 0.2) is 35.5 Å². The number of hydrogen-bond donors (Lipinski definition) is 5. The predicted molar refractivity (Wildman–Crippen MR) is 148 cm³/mol. The van der Waals surface area contributed by atoms with Crippen molar-refractivity contribution in [1.82, 2.24) is 20.0 Å². The summed E-state index contributed by atoms with van der Waals surface area (Å²) < 4.78 is 13.1. The van der Waals surface area contributed by atoms with Crippen molar-refractivity contribution < 1.29 is 9.47 Å². The van der Waals surface area contributed by atoms with Crippen LogP contribution in [0, 0.1) is 6.92 Å². The Labute approximate surface area is 226 Å². The standard InChI is InChI=1S/C26H34ClN9O2/c1-16-12-23(35-34-16)31-24-20-15-29-36(19-6-10-38-11-7-19)25(20)33-26(28,32-24)14-17-2-3-21(27)22(13-17)30-18-4-8-37-9-5-18/h2-3,12-13,15,18-19,30,33H,4-11,14,28H2,1H3,(H2,31,32,34,35). The molecule has 1 atom stereocenters. The van der Waals surface area contributed by atoms with Crippen LogP contribution in [0.3, 0.4) is 0 Å². The van der Waals surface area contributed by atoms with Crippen LogP contribution >= 0.6 is 11.6 Å². The summed E-state index contributed by atoms with van der Waals surface area (Å²) in [6.07, 6.45) is 5.97. The number of aryl methyl sites for hydroxylation is 1. The highest BCUT2D eigenvalue weighted by atomic mass is 35.5. The van der Waals surface area contributed by atoms with Gasteiger partial charge in [0, 0.05) is 50.7 Å². The first-order valence-electron chi connectivity index (χ1n) is 13.2. The molecule has 0 saturated carbocycles. The van der Waals surface area contributed by atoms with Gasteiger partial charge in [-0.1, -0.05) is 17.7 Å². The summed E-state index contributed by atoms with van der Waals surface area (Å²) in [5, 5.41) is 23.2. The average Bonchev–Trinajstić information content (AvgIpc) is 3.52. The number of aromatic nitrogens is 4. The van der Waals surface area contributed by atoms with Crippen LogP contribution in [-0.2, 0) is 15.9 Å². The molecule has 0 amide bonds.